The molecule has 1 aromatic carbocycles. The molecule has 0 amide bonds. The van der Waals surface area contributed by atoms with Gasteiger partial charge in [-0.05, 0) is 19.1 Å². The van der Waals surface area contributed by atoms with Crippen molar-refractivity contribution in [3.8, 4) is 22.1 Å². The fraction of sp³-hybridized carbons (Fsp3) is 0.400. The van der Waals surface area contributed by atoms with Crippen LogP contribution in [0.2, 0.25) is 0 Å². The van der Waals surface area contributed by atoms with Gasteiger partial charge in [-0.15, -0.1) is 11.3 Å². The normalized spacial score (nSPS) is 17.6. The lowest BCUT2D eigenvalue weighted by molar-refractivity contribution is 0.395. The number of fused-ring (bicyclic) bond motifs is 1. The molecule has 1 aliphatic rings. The summed E-state index contributed by atoms with van der Waals surface area (Å²) in [6.45, 7) is 3.18. The largest absolute Gasteiger partial charge is 0.497 e. The number of hydrogen-bond donors (Lipinski definition) is 1. The highest BCUT2D eigenvalue weighted by Crippen LogP contribution is 2.39. The summed E-state index contributed by atoms with van der Waals surface area (Å²) in [6.07, 6.45) is 0.995. The van der Waals surface area contributed by atoms with Crippen molar-refractivity contribution in [2.45, 2.75) is 19.4 Å². The van der Waals surface area contributed by atoms with E-state index in [9.17, 15) is 0 Å². The Morgan fingerprint density at radius 1 is 1.30 bits per heavy atom. The molecular formula is C15H18N2O2S. The zero-order valence-electron chi connectivity index (χ0n) is 11.9. The van der Waals surface area contributed by atoms with Crippen LogP contribution in [0.4, 0.5) is 0 Å². The van der Waals surface area contributed by atoms with Gasteiger partial charge in [0.05, 0.1) is 25.5 Å². The van der Waals surface area contributed by atoms with Crippen LogP contribution in [0, 0.1) is 0 Å². The first-order valence-electron chi connectivity index (χ1n) is 6.68. The summed E-state index contributed by atoms with van der Waals surface area (Å²) in [7, 11) is 3.33. The monoisotopic (exact) mass is 290 g/mol. The molecule has 0 saturated heterocycles. The van der Waals surface area contributed by atoms with Gasteiger partial charge in [0, 0.05) is 30.0 Å². The van der Waals surface area contributed by atoms with Gasteiger partial charge in [-0.2, -0.15) is 0 Å². The van der Waals surface area contributed by atoms with Crippen molar-refractivity contribution in [3.63, 3.8) is 0 Å². The van der Waals surface area contributed by atoms with Crippen molar-refractivity contribution in [2.75, 3.05) is 20.8 Å². The van der Waals surface area contributed by atoms with Crippen LogP contribution in [-0.2, 0) is 6.42 Å². The highest BCUT2D eigenvalue weighted by molar-refractivity contribution is 7.15. The van der Waals surface area contributed by atoms with Gasteiger partial charge in [0.1, 0.15) is 16.5 Å². The number of hydrogen-bond acceptors (Lipinski definition) is 5. The predicted molar refractivity (Wildman–Crippen MR) is 80.8 cm³/mol. The Morgan fingerprint density at radius 3 is 2.85 bits per heavy atom. The van der Waals surface area contributed by atoms with Gasteiger partial charge in [-0.3, -0.25) is 0 Å². The van der Waals surface area contributed by atoms with Crippen LogP contribution >= 0.6 is 11.3 Å². The molecule has 106 valence electrons. The van der Waals surface area contributed by atoms with Crippen LogP contribution in [-0.4, -0.2) is 25.7 Å². The van der Waals surface area contributed by atoms with Crippen LogP contribution in [0.15, 0.2) is 18.2 Å². The second kappa shape index (κ2) is 5.42. The molecule has 2 aromatic rings. The first-order valence-corrected chi connectivity index (χ1v) is 7.50. The van der Waals surface area contributed by atoms with Crippen molar-refractivity contribution < 1.29 is 9.47 Å². The summed E-state index contributed by atoms with van der Waals surface area (Å²) in [4.78, 5) is 6.13. The van der Waals surface area contributed by atoms with Crippen molar-refractivity contribution in [1.82, 2.24) is 10.3 Å². The molecule has 3 rings (SSSR count). The molecule has 1 atom stereocenters. The smallest absolute Gasteiger partial charge is 0.132 e. The molecule has 0 aliphatic carbocycles. The number of ether oxygens (including phenoxy) is 2. The number of nitrogens with zero attached hydrogens (tertiary/aromatic N) is 1. The van der Waals surface area contributed by atoms with Gasteiger partial charge in [-0.25, -0.2) is 4.98 Å². The van der Waals surface area contributed by atoms with E-state index in [-0.39, 0.29) is 0 Å². The van der Waals surface area contributed by atoms with Crippen LogP contribution in [0.1, 0.15) is 23.5 Å². The molecule has 1 aromatic heterocycles. The summed E-state index contributed by atoms with van der Waals surface area (Å²) in [5.74, 6) is 1.60. The van der Waals surface area contributed by atoms with Gasteiger partial charge < -0.3 is 14.8 Å². The average Bonchev–Trinajstić information content (AvgIpc) is 2.92. The van der Waals surface area contributed by atoms with E-state index in [4.69, 9.17) is 14.5 Å². The molecule has 20 heavy (non-hydrogen) atoms. The van der Waals surface area contributed by atoms with Crippen molar-refractivity contribution in [3.05, 3.63) is 28.8 Å². The van der Waals surface area contributed by atoms with E-state index >= 15 is 0 Å². The molecule has 4 nitrogen and oxygen atoms in total. The fourth-order valence-corrected chi connectivity index (χ4v) is 3.64. The van der Waals surface area contributed by atoms with E-state index in [0.29, 0.717) is 6.04 Å². The quantitative estimate of drug-likeness (QED) is 0.943. The molecule has 0 radical (unpaired) electrons. The van der Waals surface area contributed by atoms with Crippen molar-refractivity contribution in [1.29, 1.82) is 0 Å². The maximum atomic E-state index is 5.47. The summed E-state index contributed by atoms with van der Waals surface area (Å²) in [5, 5.41) is 4.49. The number of thiazole rings is 1. The molecule has 0 spiro atoms. The fourth-order valence-electron chi connectivity index (χ4n) is 2.47. The zero-order valence-corrected chi connectivity index (χ0v) is 12.7. The topological polar surface area (TPSA) is 43.4 Å². The summed E-state index contributed by atoms with van der Waals surface area (Å²) in [5.41, 5.74) is 2.24. The average molecular weight is 290 g/mol. The molecule has 0 bridgehead atoms. The van der Waals surface area contributed by atoms with Crippen molar-refractivity contribution >= 4 is 11.3 Å². The van der Waals surface area contributed by atoms with Crippen LogP contribution < -0.4 is 14.8 Å². The molecule has 1 unspecified atom stereocenters. The van der Waals surface area contributed by atoms with E-state index < -0.39 is 0 Å². The Morgan fingerprint density at radius 2 is 2.15 bits per heavy atom. The van der Waals surface area contributed by atoms with Crippen LogP contribution in [0.25, 0.3) is 10.6 Å². The Labute approximate surface area is 122 Å². The van der Waals surface area contributed by atoms with Gasteiger partial charge in [0.25, 0.3) is 0 Å². The van der Waals surface area contributed by atoms with E-state index in [0.717, 1.165) is 35.0 Å². The SMILES string of the molecule is COc1ccc(-c2nc3c(s2)C(C)NCC3)c(OC)c1. The van der Waals surface area contributed by atoms with Crippen LogP contribution in [0.3, 0.4) is 0 Å². The maximum absolute atomic E-state index is 5.47. The number of methoxy groups -OCH3 is 2. The van der Waals surface area contributed by atoms with Gasteiger partial charge >= 0.3 is 0 Å². The molecular weight excluding hydrogens is 272 g/mol. The van der Waals surface area contributed by atoms with Gasteiger partial charge in [0.15, 0.2) is 0 Å². The van der Waals surface area contributed by atoms with Crippen LogP contribution in [0.5, 0.6) is 11.5 Å². The maximum Gasteiger partial charge on any atom is 0.132 e. The third kappa shape index (κ3) is 2.27. The highest BCUT2D eigenvalue weighted by Gasteiger charge is 2.22. The second-order valence-electron chi connectivity index (χ2n) is 4.82. The summed E-state index contributed by atoms with van der Waals surface area (Å²) >= 11 is 1.75. The number of rotatable bonds is 3. The minimum Gasteiger partial charge on any atom is -0.497 e. The third-order valence-electron chi connectivity index (χ3n) is 3.57. The summed E-state index contributed by atoms with van der Waals surface area (Å²) in [6, 6.07) is 6.24. The molecule has 2 heterocycles. The van der Waals surface area contributed by atoms with Gasteiger partial charge in [0.2, 0.25) is 0 Å². The minimum atomic E-state index is 0.384. The zero-order chi connectivity index (χ0) is 14.1. The Balaban J connectivity index is 2.05. The van der Waals surface area contributed by atoms with Gasteiger partial charge in [-0.1, -0.05) is 0 Å². The first kappa shape index (κ1) is 13.4. The van der Waals surface area contributed by atoms with Crippen molar-refractivity contribution in [2.24, 2.45) is 0 Å². The Hall–Kier alpha value is -1.59. The molecule has 1 aliphatic heterocycles. The highest BCUT2D eigenvalue weighted by atomic mass is 32.1. The Bertz CT molecular complexity index is 624. The standard InChI is InChI=1S/C15H18N2O2S/c1-9-14-12(6-7-16-9)17-15(20-14)11-5-4-10(18-2)8-13(11)19-3/h4-5,8-9,16H,6-7H2,1-3H3. The Kier molecular flexibility index (Phi) is 3.63. The lowest BCUT2D eigenvalue weighted by atomic mass is 10.1. The van der Waals surface area contributed by atoms with E-state index in [1.807, 2.05) is 18.2 Å². The molecule has 0 saturated carbocycles. The lowest BCUT2D eigenvalue weighted by Crippen LogP contribution is -2.26. The van der Waals surface area contributed by atoms with E-state index in [1.165, 1.54) is 10.6 Å². The number of benzene rings is 1. The third-order valence-corrected chi connectivity index (χ3v) is 4.89. The van der Waals surface area contributed by atoms with E-state index in [2.05, 4.69) is 12.2 Å². The van der Waals surface area contributed by atoms with E-state index in [1.54, 1.807) is 25.6 Å². The molecule has 5 heteroatoms. The molecule has 0 fully saturated rings. The number of aromatic nitrogens is 1. The molecule has 1 N–H and O–H groups in total. The summed E-state index contributed by atoms with van der Waals surface area (Å²) < 4.78 is 10.7. The minimum absolute atomic E-state index is 0.384. The second-order valence-corrected chi connectivity index (χ2v) is 5.85. The number of nitrogens with one attached hydrogen (secondary N) is 1. The lowest BCUT2D eigenvalue weighted by Gasteiger charge is -2.18. The first-order chi connectivity index (χ1) is 9.72. The predicted octanol–water partition coefficient (Wildman–Crippen LogP) is 3.03.